The number of nitrogens with zero attached hydrogens (tertiary/aromatic N) is 2. The van der Waals surface area contributed by atoms with Crippen molar-refractivity contribution in [1.29, 1.82) is 0 Å². The summed E-state index contributed by atoms with van der Waals surface area (Å²) in [7, 11) is 0. The Balaban J connectivity index is 0.833. The predicted molar refractivity (Wildman–Crippen MR) is 230 cm³/mol. The zero-order valence-corrected chi connectivity index (χ0v) is 34.6. The molecule has 3 aliphatic rings. The van der Waals surface area contributed by atoms with E-state index in [1.165, 1.54) is 4.90 Å². The molecule has 14 heteroatoms. The number of unbranched alkanes of at least 4 members (excludes halogenated alkanes) is 7. The molecule has 3 heterocycles. The highest BCUT2D eigenvalue weighted by Crippen LogP contribution is 2.45. The first-order chi connectivity index (χ1) is 28.9. The van der Waals surface area contributed by atoms with E-state index in [-0.39, 0.29) is 62.5 Å². The summed E-state index contributed by atoms with van der Waals surface area (Å²) < 4.78 is 42.8. The number of piperidine rings is 1. The fourth-order valence-corrected chi connectivity index (χ4v) is 8.86. The van der Waals surface area contributed by atoms with Crippen LogP contribution in [0.1, 0.15) is 124 Å². The third kappa shape index (κ3) is 9.80. The van der Waals surface area contributed by atoms with Gasteiger partial charge in [0.1, 0.15) is 23.4 Å². The van der Waals surface area contributed by atoms with E-state index < -0.39 is 17.9 Å². The van der Waals surface area contributed by atoms with E-state index in [2.05, 4.69) is 9.88 Å². The Morgan fingerprint density at radius 3 is 2.33 bits per heavy atom. The summed E-state index contributed by atoms with van der Waals surface area (Å²) in [5.74, 6) is -2.70. The molecule has 0 spiro atoms. The molecule has 3 aromatic carbocycles. The number of nitrogens with one attached hydrogen (secondary N) is 1. The number of rotatable bonds is 19. The van der Waals surface area contributed by atoms with Crippen molar-refractivity contribution >= 4 is 57.3 Å². The summed E-state index contributed by atoms with van der Waals surface area (Å²) in [5, 5.41) is 3.24. The molecular formula is C46H53F2N5O6S. The van der Waals surface area contributed by atoms with Crippen LogP contribution in [-0.4, -0.2) is 63.1 Å². The summed E-state index contributed by atoms with van der Waals surface area (Å²) in [6.45, 7) is 0.582. The summed E-state index contributed by atoms with van der Waals surface area (Å²) in [5.41, 5.74) is 17.5. The van der Waals surface area contributed by atoms with Crippen molar-refractivity contribution in [2.45, 2.75) is 121 Å². The first kappa shape index (κ1) is 42.7. The summed E-state index contributed by atoms with van der Waals surface area (Å²) >= 11 is 5.24. The number of halogens is 2. The highest BCUT2D eigenvalue weighted by Gasteiger charge is 2.40. The van der Waals surface area contributed by atoms with Gasteiger partial charge >= 0.3 is 0 Å². The molecule has 1 aromatic heterocycles. The van der Waals surface area contributed by atoms with E-state index in [1.54, 1.807) is 18.2 Å². The van der Waals surface area contributed by atoms with Crippen LogP contribution in [0.5, 0.6) is 11.5 Å². The van der Waals surface area contributed by atoms with Gasteiger partial charge in [-0.2, -0.15) is 0 Å². The molecule has 318 valence electrons. The minimum atomic E-state index is -2.65. The number of anilines is 1. The molecule has 1 saturated carbocycles. The highest BCUT2D eigenvalue weighted by atomic mass is 32.1. The number of hydrogen-bond acceptors (Lipinski definition) is 8. The minimum absolute atomic E-state index is 0.00971. The van der Waals surface area contributed by atoms with Gasteiger partial charge in [0, 0.05) is 65.6 Å². The maximum absolute atomic E-state index is 14.2. The first-order valence-electron chi connectivity index (χ1n) is 21.1. The van der Waals surface area contributed by atoms with E-state index in [0.29, 0.717) is 59.2 Å². The number of nitrogens with two attached hydrogens (primary N) is 2. The van der Waals surface area contributed by atoms with Gasteiger partial charge in [0.15, 0.2) is 11.5 Å². The second kappa shape index (κ2) is 18.9. The van der Waals surface area contributed by atoms with Crippen LogP contribution in [0, 0.1) is 0 Å². The molecule has 2 fully saturated rings. The van der Waals surface area contributed by atoms with Crippen molar-refractivity contribution < 1.29 is 37.4 Å². The number of benzene rings is 3. The molecule has 7 rings (SSSR count). The van der Waals surface area contributed by atoms with Gasteiger partial charge in [0.25, 0.3) is 5.91 Å². The van der Waals surface area contributed by atoms with Crippen LogP contribution >= 0.6 is 12.2 Å². The summed E-state index contributed by atoms with van der Waals surface area (Å²) in [4.78, 5) is 51.5. The molecule has 4 aromatic rings. The fraction of sp³-hybridized carbons (Fsp3) is 0.457. The maximum Gasteiger partial charge on any atom is 0.255 e. The Kier molecular flexibility index (Phi) is 13.5. The Hall–Kier alpha value is -5.37. The van der Waals surface area contributed by atoms with Gasteiger partial charge < -0.3 is 30.4 Å². The van der Waals surface area contributed by atoms with E-state index >= 15 is 0 Å². The fourth-order valence-electron chi connectivity index (χ4n) is 8.73. The first-order valence-corrected chi connectivity index (χ1v) is 21.6. The van der Waals surface area contributed by atoms with Crippen LogP contribution in [0.15, 0.2) is 60.8 Å². The lowest BCUT2D eigenvalue weighted by Crippen LogP contribution is -2.52. The monoisotopic (exact) mass is 841 g/mol. The van der Waals surface area contributed by atoms with Gasteiger partial charge in [0.2, 0.25) is 17.7 Å². The minimum Gasteiger partial charge on any atom is -0.489 e. The van der Waals surface area contributed by atoms with Gasteiger partial charge in [-0.25, -0.2) is 8.78 Å². The lowest BCUT2D eigenvalue weighted by molar-refractivity contribution is -0.137. The number of amides is 3. The van der Waals surface area contributed by atoms with Crippen LogP contribution in [-0.2, 0) is 20.9 Å². The number of fused-ring (bicyclic) bond motifs is 2. The normalized spacial score (nSPS) is 17.8. The van der Waals surface area contributed by atoms with E-state index in [9.17, 15) is 28.0 Å². The number of hydrogen-bond donors (Lipinski definition) is 3. The third-order valence-corrected chi connectivity index (χ3v) is 12.3. The van der Waals surface area contributed by atoms with E-state index in [1.807, 2.05) is 42.6 Å². The second-order valence-corrected chi connectivity index (χ2v) is 16.7. The summed E-state index contributed by atoms with van der Waals surface area (Å²) in [6.07, 6.45) is 11.1. The molecule has 1 atom stereocenters. The summed E-state index contributed by atoms with van der Waals surface area (Å²) in [6, 6.07) is 15.8. The standard InChI is InChI=1S/C46H53F2N5O6S/c47-46(48)22-20-31(21-23-46)52-26-35(29-11-9-12-30(25-29)43(50)60)33-16-17-37(49)42(41(33)52)58-24-8-6-4-2-1-3-5-7-13-32(54)28-59-39-15-10-14-34-36(39)27-53(45(34)57)38-18-19-40(55)51-44(38)56/h9-12,14-17,25-26,31,38H,1-8,13,18-24,27-28,49H2,(H2,50,60)(H,51,55,56). The average molecular weight is 842 g/mol. The quantitative estimate of drug-likeness (QED) is 0.0364. The number of aromatic nitrogens is 1. The molecule has 3 amide bonds. The molecule has 0 radical (unpaired) electrons. The molecule has 60 heavy (non-hydrogen) atoms. The van der Waals surface area contributed by atoms with Crippen molar-refractivity contribution in [2.24, 2.45) is 5.73 Å². The maximum atomic E-state index is 14.2. The number of nitrogen functional groups attached to an aromatic ring is 1. The molecule has 5 N–H and O–H groups in total. The topological polar surface area (TPSA) is 159 Å². The van der Waals surface area contributed by atoms with Crippen LogP contribution in [0.3, 0.4) is 0 Å². The molecule has 0 bridgehead atoms. The van der Waals surface area contributed by atoms with Crippen molar-refractivity contribution in [1.82, 2.24) is 14.8 Å². The number of ketones is 1. The lowest BCUT2D eigenvalue weighted by atomic mass is 9.92. The van der Waals surface area contributed by atoms with Crippen LogP contribution < -0.4 is 26.3 Å². The van der Waals surface area contributed by atoms with E-state index in [0.717, 1.165) is 79.0 Å². The molecule has 1 saturated heterocycles. The number of imide groups is 1. The van der Waals surface area contributed by atoms with Gasteiger partial charge in [0.05, 0.1) is 24.4 Å². The average Bonchev–Trinajstić information content (AvgIpc) is 3.78. The van der Waals surface area contributed by atoms with Gasteiger partial charge in [-0.3, -0.25) is 24.5 Å². The number of alkyl halides is 2. The van der Waals surface area contributed by atoms with Crippen molar-refractivity contribution in [3.63, 3.8) is 0 Å². The smallest absolute Gasteiger partial charge is 0.255 e. The lowest BCUT2D eigenvalue weighted by Gasteiger charge is -2.30. The number of thiocarbonyl (C=S) groups is 1. The molecule has 1 unspecified atom stereocenters. The third-order valence-electron chi connectivity index (χ3n) is 12.0. The zero-order chi connectivity index (χ0) is 42.4. The molecule has 2 aliphatic heterocycles. The second-order valence-electron chi connectivity index (χ2n) is 16.3. The van der Waals surface area contributed by atoms with Crippen molar-refractivity contribution in [2.75, 3.05) is 18.9 Å². The molecule has 1 aliphatic carbocycles. The van der Waals surface area contributed by atoms with Gasteiger partial charge in [-0.05, 0) is 68.0 Å². The highest BCUT2D eigenvalue weighted by molar-refractivity contribution is 7.80. The van der Waals surface area contributed by atoms with Gasteiger partial charge in [-0.15, -0.1) is 0 Å². The van der Waals surface area contributed by atoms with Crippen molar-refractivity contribution in [3.8, 4) is 22.6 Å². The van der Waals surface area contributed by atoms with E-state index in [4.69, 9.17) is 33.2 Å². The number of carbonyl (C=O) groups is 4. The Bertz CT molecular complexity index is 2270. The number of carbonyl (C=O) groups excluding carboxylic acids is 4. The van der Waals surface area contributed by atoms with Gasteiger partial charge in [-0.1, -0.05) is 75.0 Å². The Labute approximate surface area is 354 Å². The predicted octanol–water partition coefficient (Wildman–Crippen LogP) is 8.57. The number of ether oxygens (including phenoxy) is 2. The molecular weight excluding hydrogens is 789 g/mol. The Morgan fingerprint density at radius 2 is 1.60 bits per heavy atom. The van der Waals surface area contributed by atoms with Crippen LogP contribution in [0.25, 0.3) is 22.0 Å². The van der Waals surface area contributed by atoms with Crippen LogP contribution in [0.4, 0.5) is 14.5 Å². The van der Waals surface area contributed by atoms with Crippen molar-refractivity contribution in [3.05, 3.63) is 77.5 Å². The number of Topliss-reactive ketones (excluding diaryl/α,β-unsaturated/α-hetero) is 1. The van der Waals surface area contributed by atoms with Crippen LogP contribution in [0.2, 0.25) is 0 Å². The largest absolute Gasteiger partial charge is 0.489 e. The molecule has 11 nitrogen and oxygen atoms in total. The Morgan fingerprint density at radius 1 is 0.883 bits per heavy atom. The SMILES string of the molecule is NC(=S)c1cccc(-c2cn(C3CCC(F)(F)CC3)c3c(OCCCCCCCCCCC(=O)COc4cccc5c4CN(C4CCC(=O)NC4=O)C5=O)c(N)ccc23)c1. The zero-order valence-electron chi connectivity index (χ0n) is 33.8.